The van der Waals surface area contributed by atoms with Gasteiger partial charge in [-0.15, -0.1) is 0 Å². The lowest BCUT2D eigenvalue weighted by atomic mass is 10.0. The molecule has 0 unspecified atom stereocenters. The van der Waals surface area contributed by atoms with Gasteiger partial charge in [0.1, 0.15) is 5.78 Å². The number of nitrogens with zero attached hydrogens (tertiary/aromatic N) is 2. The van der Waals surface area contributed by atoms with Crippen molar-refractivity contribution in [3.05, 3.63) is 95.1 Å². The van der Waals surface area contributed by atoms with Gasteiger partial charge in [0, 0.05) is 54.7 Å². The first kappa shape index (κ1) is 43.1. The summed E-state index contributed by atoms with van der Waals surface area (Å²) in [4.78, 5) is 50.2. The van der Waals surface area contributed by atoms with Crippen LogP contribution in [0.2, 0.25) is 0 Å². The van der Waals surface area contributed by atoms with Crippen LogP contribution < -0.4 is 63.9 Å². The minimum Gasteiger partial charge on any atom is -1.00 e. The molecular weight excluding hydrogens is 832 g/mol. The molecule has 0 aliphatic rings. The zero-order chi connectivity index (χ0) is 33.7. The summed E-state index contributed by atoms with van der Waals surface area (Å²) in [6.45, 7) is 2.62. The second kappa shape index (κ2) is 20.6. The van der Waals surface area contributed by atoms with Gasteiger partial charge in [-0.3, -0.25) is 14.4 Å². The SMILES string of the molecule is C[N+](C)(C)CCCCC(=O)Cc1ccc(NC(=O)c2ccc(C(=O)Cc3ccc(NC(=O)NCCC[N+](C)(C)C)cc3)cc2)cc1.[I-].[I-]. The lowest BCUT2D eigenvalue weighted by Crippen LogP contribution is -3.00. The summed E-state index contributed by atoms with van der Waals surface area (Å²) in [5.41, 5.74) is 4.00. The molecule has 48 heavy (non-hydrogen) atoms. The molecular formula is C37H51I2N5O4. The van der Waals surface area contributed by atoms with E-state index in [2.05, 4.69) is 58.2 Å². The fraction of sp³-hybridized carbons (Fsp3) is 0.405. The van der Waals surface area contributed by atoms with Gasteiger partial charge < -0.3 is 72.9 Å². The topological polar surface area (TPSA) is 104 Å². The Kier molecular flexibility index (Phi) is 18.5. The van der Waals surface area contributed by atoms with Crippen LogP contribution in [-0.4, -0.2) is 94.4 Å². The van der Waals surface area contributed by atoms with E-state index in [0.29, 0.717) is 41.9 Å². The molecule has 0 heterocycles. The highest BCUT2D eigenvalue weighted by atomic mass is 127. The molecule has 0 bridgehead atoms. The number of unbranched alkanes of at least 4 members (excludes halogenated alkanes) is 1. The van der Waals surface area contributed by atoms with E-state index in [-0.39, 0.29) is 77.9 Å². The quantitative estimate of drug-likeness (QED) is 0.0743. The van der Waals surface area contributed by atoms with E-state index in [0.717, 1.165) is 52.4 Å². The maximum Gasteiger partial charge on any atom is 0.319 e. The first-order valence-corrected chi connectivity index (χ1v) is 16.0. The molecule has 262 valence electrons. The van der Waals surface area contributed by atoms with Crippen LogP contribution in [0.25, 0.3) is 0 Å². The summed E-state index contributed by atoms with van der Waals surface area (Å²) in [6, 6.07) is 20.9. The number of anilines is 2. The number of ketones is 2. The molecule has 11 heteroatoms. The predicted molar refractivity (Wildman–Crippen MR) is 185 cm³/mol. The third kappa shape index (κ3) is 17.0. The maximum atomic E-state index is 12.9. The molecule has 0 atom stereocenters. The monoisotopic (exact) mass is 883 g/mol. The van der Waals surface area contributed by atoms with Crippen LogP contribution in [0.5, 0.6) is 0 Å². The van der Waals surface area contributed by atoms with E-state index in [1.54, 1.807) is 48.5 Å². The van der Waals surface area contributed by atoms with Gasteiger partial charge in [0.05, 0.1) is 55.4 Å². The average molecular weight is 884 g/mol. The molecule has 0 fully saturated rings. The van der Waals surface area contributed by atoms with Crippen molar-refractivity contribution in [2.45, 2.75) is 38.5 Å². The van der Waals surface area contributed by atoms with Gasteiger partial charge in [-0.05, 0) is 60.4 Å². The van der Waals surface area contributed by atoms with Gasteiger partial charge in [0.25, 0.3) is 5.91 Å². The molecule has 0 aromatic heterocycles. The van der Waals surface area contributed by atoms with Gasteiger partial charge in [-0.25, -0.2) is 4.79 Å². The molecule has 3 aromatic carbocycles. The molecule has 0 spiro atoms. The van der Waals surface area contributed by atoms with Crippen LogP contribution in [0.3, 0.4) is 0 Å². The van der Waals surface area contributed by atoms with Crippen molar-refractivity contribution in [1.29, 1.82) is 0 Å². The van der Waals surface area contributed by atoms with Crippen molar-refractivity contribution < 1.29 is 76.1 Å². The van der Waals surface area contributed by atoms with Crippen LogP contribution in [0.15, 0.2) is 72.8 Å². The number of hydrogen-bond acceptors (Lipinski definition) is 4. The number of carbonyl (C=O) groups is 4. The second-order valence-electron chi connectivity index (χ2n) is 14.0. The number of nitrogens with one attached hydrogen (secondary N) is 3. The summed E-state index contributed by atoms with van der Waals surface area (Å²) < 4.78 is 1.75. The van der Waals surface area contributed by atoms with Crippen LogP contribution in [0.4, 0.5) is 16.2 Å². The Labute approximate surface area is 320 Å². The fourth-order valence-electron chi connectivity index (χ4n) is 4.87. The largest absolute Gasteiger partial charge is 1.00 e. The zero-order valence-corrected chi connectivity index (χ0v) is 33.4. The van der Waals surface area contributed by atoms with Crippen molar-refractivity contribution >= 4 is 34.9 Å². The number of Topliss-reactive ketones (excluding diaryl/α,β-unsaturated/α-hetero) is 2. The van der Waals surface area contributed by atoms with Crippen LogP contribution in [0, 0.1) is 0 Å². The number of urea groups is 1. The van der Waals surface area contributed by atoms with E-state index in [1.807, 2.05) is 24.3 Å². The van der Waals surface area contributed by atoms with Crippen molar-refractivity contribution in [3.63, 3.8) is 0 Å². The van der Waals surface area contributed by atoms with E-state index in [4.69, 9.17) is 0 Å². The van der Waals surface area contributed by atoms with E-state index >= 15 is 0 Å². The highest BCUT2D eigenvalue weighted by Crippen LogP contribution is 2.16. The molecule has 0 radical (unpaired) electrons. The Morgan fingerprint density at radius 2 is 1.04 bits per heavy atom. The Hall–Kier alpha value is -2.88. The first-order valence-electron chi connectivity index (χ1n) is 16.0. The molecule has 9 nitrogen and oxygen atoms in total. The normalized spacial score (nSPS) is 11.0. The number of hydrogen-bond donors (Lipinski definition) is 3. The van der Waals surface area contributed by atoms with Gasteiger partial charge >= 0.3 is 6.03 Å². The molecule has 0 saturated carbocycles. The Balaban J connectivity index is 0.00000576. The van der Waals surface area contributed by atoms with Crippen molar-refractivity contribution in [3.8, 4) is 0 Å². The van der Waals surface area contributed by atoms with Crippen molar-refractivity contribution in [2.24, 2.45) is 0 Å². The predicted octanol–water partition coefficient (Wildman–Crippen LogP) is -0.422. The van der Waals surface area contributed by atoms with Crippen LogP contribution in [0.1, 0.15) is 57.5 Å². The molecule has 0 aliphatic heterocycles. The highest BCUT2D eigenvalue weighted by Gasteiger charge is 2.13. The minimum absolute atomic E-state index is 0. The Morgan fingerprint density at radius 3 is 1.58 bits per heavy atom. The highest BCUT2D eigenvalue weighted by molar-refractivity contribution is 6.05. The molecule has 0 saturated heterocycles. The second-order valence-corrected chi connectivity index (χ2v) is 14.0. The van der Waals surface area contributed by atoms with Crippen molar-refractivity contribution in [2.75, 3.05) is 72.6 Å². The van der Waals surface area contributed by atoms with Gasteiger partial charge in [0.2, 0.25) is 0 Å². The van der Waals surface area contributed by atoms with Crippen LogP contribution in [-0.2, 0) is 17.6 Å². The average Bonchev–Trinajstić information content (AvgIpc) is 2.99. The first-order chi connectivity index (χ1) is 21.7. The number of rotatable bonds is 17. The molecule has 3 amide bonds. The molecule has 3 rings (SSSR count). The lowest BCUT2D eigenvalue weighted by molar-refractivity contribution is -0.870. The summed E-state index contributed by atoms with van der Waals surface area (Å²) in [5.74, 6) is -0.120. The summed E-state index contributed by atoms with van der Waals surface area (Å²) in [5, 5.41) is 8.55. The molecule has 0 aliphatic carbocycles. The number of quaternary nitrogens is 2. The smallest absolute Gasteiger partial charge is 0.319 e. The van der Waals surface area contributed by atoms with E-state index < -0.39 is 0 Å². The Morgan fingerprint density at radius 1 is 0.562 bits per heavy atom. The third-order valence-corrected chi connectivity index (χ3v) is 7.48. The summed E-state index contributed by atoms with van der Waals surface area (Å²) in [6.07, 6.45) is 4.00. The third-order valence-electron chi connectivity index (χ3n) is 7.48. The lowest BCUT2D eigenvalue weighted by Gasteiger charge is -2.23. The summed E-state index contributed by atoms with van der Waals surface area (Å²) in [7, 11) is 12.8. The van der Waals surface area contributed by atoms with Crippen molar-refractivity contribution in [1.82, 2.24) is 5.32 Å². The number of amides is 3. The standard InChI is InChI=1S/C37H49N5O4.2HI/c1-41(2,3)24-8-7-10-34(43)26-28-11-19-32(20-12-28)39-36(45)31-17-15-30(16-18-31)35(44)27-29-13-21-33(22-14-29)40-37(46)38-23-9-25-42(4,5)6;;/h11-22H,7-10,23-27H2,1-6H3,(H-2,38,39,40,45,46);2*1H. The zero-order valence-electron chi connectivity index (χ0n) is 29.1. The van der Waals surface area contributed by atoms with Gasteiger partial charge in [-0.2, -0.15) is 0 Å². The molecule has 3 aromatic rings. The van der Waals surface area contributed by atoms with Crippen LogP contribution >= 0.6 is 0 Å². The maximum absolute atomic E-state index is 12.9. The Bertz CT molecular complexity index is 1350. The number of carbonyl (C=O) groups excluding carboxylic acids is 4. The number of benzene rings is 3. The number of halogens is 2. The molecule has 3 N–H and O–H groups in total. The van der Waals surface area contributed by atoms with E-state index in [1.165, 1.54) is 0 Å². The summed E-state index contributed by atoms with van der Waals surface area (Å²) >= 11 is 0. The van der Waals surface area contributed by atoms with Gasteiger partial charge in [0.15, 0.2) is 5.78 Å². The van der Waals surface area contributed by atoms with E-state index in [9.17, 15) is 19.2 Å². The minimum atomic E-state index is -0.277. The fourth-order valence-corrected chi connectivity index (χ4v) is 4.87. The van der Waals surface area contributed by atoms with Gasteiger partial charge in [-0.1, -0.05) is 36.4 Å².